The summed E-state index contributed by atoms with van der Waals surface area (Å²) in [6.45, 7) is -0.446. The fraction of sp³-hybridized carbons (Fsp3) is 0.579. The summed E-state index contributed by atoms with van der Waals surface area (Å²) < 4.78 is 89.9. The molecule has 0 N–H and O–H groups in total. The number of benzene rings is 1. The highest BCUT2D eigenvalue weighted by Gasteiger charge is 2.39. The van der Waals surface area contributed by atoms with Gasteiger partial charge in [0.15, 0.2) is 0 Å². The van der Waals surface area contributed by atoms with E-state index in [-0.39, 0.29) is 6.54 Å². The summed E-state index contributed by atoms with van der Waals surface area (Å²) in [6.07, 6.45) is -18.2. The fourth-order valence-electron chi connectivity index (χ4n) is 3.34. The zero-order chi connectivity index (χ0) is 25.7. The van der Waals surface area contributed by atoms with Gasteiger partial charge >= 0.3 is 0 Å². The van der Waals surface area contributed by atoms with Gasteiger partial charge in [-0.25, -0.2) is 0 Å². The molecule has 0 bridgehead atoms. The van der Waals surface area contributed by atoms with Crippen LogP contribution >= 0.6 is 0 Å². The van der Waals surface area contributed by atoms with E-state index >= 15 is 0 Å². The molecule has 3 aliphatic rings. The summed E-state index contributed by atoms with van der Waals surface area (Å²) in [7, 11) is 0. The van der Waals surface area contributed by atoms with Crippen LogP contribution in [0.3, 0.4) is 0 Å². The first-order chi connectivity index (χ1) is 15.4. The first kappa shape index (κ1) is 6.96. The Kier molecular flexibility index (Phi) is 1.81. The van der Waals surface area contributed by atoms with Crippen LogP contribution in [0.4, 0.5) is 0 Å². The number of nitrogens with zero attached hydrogens (tertiary/aromatic N) is 2. The summed E-state index contributed by atoms with van der Waals surface area (Å²) in [5.41, 5.74) is 1.69. The van der Waals surface area contributed by atoms with Gasteiger partial charge in [-0.05, 0) is 30.3 Å². The molecule has 2 heterocycles. The average molecular weight is 323 g/mol. The summed E-state index contributed by atoms with van der Waals surface area (Å²) >= 11 is 0. The van der Waals surface area contributed by atoms with E-state index in [4.69, 9.17) is 15.1 Å². The van der Waals surface area contributed by atoms with Crippen LogP contribution in [0.2, 0.25) is 0 Å². The van der Waals surface area contributed by atoms with E-state index in [1.807, 2.05) is 12.1 Å². The van der Waals surface area contributed by atoms with E-state index in [2.05, 4.69) is 0 Å². The maximum Gasteiger partial charge on any atom is 0.242 e. The molecule has 1 aromatic rings. The van der Waals surface area contributed by atoms with Crippen LogP contribution in [0.5, 0.6) is 0 Å². The molecule has 4 heteroatoms. The SMILES string of the molecule is [2H]C1([2H])C([2H])([2H])C([2H])([2H])C([2H])(C(=O)N2CC(=O)N3CCc4ccccc4[C@H]3C2)C([2H])([2H])C1([2H])[2H]. The Morgan fingerprint density at radius 2 is 2.00 bits per heavy atom. The van der Waals surface area contributed by atoms with E-state index < -0.39 is 62.2 Å². The van der Waals surface area contributed by atoms with Crippen molar-refractivity contribution in [2.75, 3.05) is 19.6 Å². The van der Waals surface area contributed by atoms with Crippen molar-refractivity contribution in [2.45, 2.75) is 44.3 Å². The van der Waals surface area contributed by atoms with Crippen molar-refractivity contribution in [2.24, 2.45) is 5.89 Å². The molecule has 1 aromatic carbocycles. The molecule has 0 aromatic heterocycles. The van der Waals surface area contributed by atoms with Gasteiger partial charge in [0, 0.05) is 34.1 Å². The van der Waals surface area contributed by atoms with Crippen molar-refractivity contribution in [3.05, 3.63) is 35.4 Å². The molecule has 0 spiro atoms. The number of carbonyl (C=O) groups excluding carboxylic acids is 2. The predicted octanol–water partition coefficient (Wildman–Crippen LogP) is 2.53. The molecule has 23 heavy (non-hydrogen) atoms. The molecule has 122 valence electrons. The summed E-state index contributed by atoms with van der Waals surface area (Å²) in [6, 6.07) is 6.58. The molecule has 4 rings (SSSR count). The topological polar surface area (TPSA) is 40.6 Å². The number of hydrogen-bond acceptors (Lipinski definition) is 2. The monoisotopic (exact) mass is 323 g/mol. The van der Waals surface area contributed by atoms with Gasteiger partial charge < -0.3 is 9.80 Å². The molecule has 4 nitrogen and oxygen atoms in total. The van der Waals surface area contributed by atoms with Crippen LogP contribution in [0.15, 0.2) is 24.3 Å². The summed E-state index contributed by atoms with van der Waals surface area (Å²) in [5, 5.41) is 0. The summed E-state index contributed by atoms with van der Waals surface area (Å²) in [5.74, 6) is -5.84. The zero-order valence-electron chi connectivity index (χ0n) is 23.4. The molecule has 1 atom stereocenters. The molecule has 1 saturated heterocycles. The molecule has 2 aliphatic heterocycles. The second-order valence-electron chi connectivity index (χ2n) is 5.74. The second-order valence-corrected chi connectivity index (χ2v) is 5.74. The number of amides is 2. The van der Waals surface area contributed by atoms with Crippen LogP contribution in [0, 0.1) is 5.89 Å². The lowest BCUT2D eigenvalue weighted by Crippen LogP contribution is -2.56. The quantitative estimate of drug-likeness (QED) is 0.797. The minimum absolute atomic E-state index is 0.215. The Hall–Kier alpha value is -1.84. The van der Waals surface area contributed by atoms with Gasteiger partial charge in [0.1, 0.15) is 0 Å². The lowest BCUT2D eigenvalue weighted by atomic mass is 9.87. The molecular weight excluding hydrogens is 288 g/mol. The van der Waals surface area contributed by atoms with Crippen LogP contribution in [-0.2, 0) is 16.0 Å². The number of hydrogen-bond donors (Lipinski definition) is 0. The second kappa shape index (κ2) is 5.99. The van der Waals surface area contributed by atoms with E-state index in [0.717, 1.165) is 16.0 Å². The average Bonchev–Trinajstić information content (AvgIpc) is 2.76. The maximum absolute atomic E-state index is 13.7. The Morgan fingerprint density at radius 3 is 2.83 bits per heavy atom. The zero-order valence-corrected chi connectivity index (χ0v) is 12.4. The molecule has 1 saturated carbocycles. The number of fused-ring (bicyclic) bond motifs is 3. The van der Waals surface area contributed by atoms with Gasteiger partial charge in [0.2, 0.25) is 11.8 Å². The van der Waals surface area contributed by atoms with Gasteiger partial charge in [-0.1, -0.05) is 43.4 Å². The molecule has 1 aliphatic carbocycles. The maximum atomic E-state index is 13.7. The van der Waals surface area contributed by atoms with Crippen molar-refractivity contribution in [3.8, 4) is 0 Å². The highest BCUT2D eigenvalue weighted by Crippen LogP contribution is 2.34. The first-order valence-electron chi connectivity index (χ1n) is 13.0. The number of carbonyl (C=O) groups is 2. The van der Waals surface area contributed by atoms with Crippen molar-refractivity contribution >= 4 is 11.8 Å². The fourth-order valence-corrected chi connectivity index (χ4v) is 3.34. The van der Waals surface area contributed by atoms with Gasteiger partial charge in [0.05, 0.1) is 12.6 Å². The third-order valence-electron chi connectivity index (χ3n) is 4.45. The van der Waals surface area contributed by atoms with Crippen molar-refractivity contribution in [1.82, 2.24) is 9.80 Å². The lowest BCUT2D eigenvalue weighted by Gasteiger charge is -2.45. The predicted molar refractivity (Wildman–Crippen MR) is 87.8 cm³/mol. The van der Waals surface area contributed by atoms with Gasteiger partial charge in [-0.3, -0.25) is 9.59 Å². The lowest BCUT2D eigenvalue weighted by molar-refractivity contribution is -0.152. The molecule has 2 fully saturated rings. The van der Waals surface area contributed by atoms with E-state index in [0.29, 0.717) is 13.0 Å². The number of piperazine rings is 1. The highest BCUT2D eigenvalue weighted by atomic mass is 16.2. The van der Waals surface area contributed by atoms with Gasteiger partial charge in [-0.2, -0.15) is 0 Å². The largest absolute Gasteiger partial charge is 0.332 e. The normalized spacial score (nSPS) is 44.4. The van der Waals surface area contributed by atoms with Crippen molar-refractivity contribution < 1.29 is 24.7 Å². The molecule has 0 radical (unpaired) electrons. The van der Waals surface area contributed by atoms with E-state index in [1.165, 1.54) is 0 Å². The van der Waals surface area contributed by atoms with Crippen LogP contribution in [0.1, 0.15) is 64.1 Å². The van der Waals surface area contributed by atoms with Crippen LogP contribution < -0.4 is 0 Å². The third kappa shape index (κ3) is 2.64. The van der Waals surface area contributed by atoms with Gasteiger partial charge in [-0.15, -0.1) is 0 Å². The Bertz CT molecular complexity index is 1030. The smallest absolute Gasteiger partial charge is 0.242 e. The number of rotatable bonds is 1. The Labute approximate surface area is 152 Å². The third-order valence-corrected chi connectivity index (χ3v) is 4.45. The van der Waals surface area contributed by atoms with Gasteiger partial charge in [0.25, 0.3) is 0 Å². The molecule has 2 amide bonds. The van der Waals surface area contributed by atoms with Crippen LogP contribution in [0.25, 0.3) is 0 Å². The molecule has 0 unspecified atom stereocenters. The van der Waals surface area contributed by atoms with Crippen molar-refractivity contribution in [3.63, 3.8) is 0 Å². The Morgan fingerprint density at radius 1 is 1.22 bits per heavy atom. The van der Waals surface area contributed by atoms with E-state index in [1.54, 1.807) is 17.0 Å². The first-order valence-corrected chi connectivity index (χ1v) is 7.54. The minimum atomic E-state index is -3.79. The summed E-state index contributed by atoms with van der Waals surface area (Å²) in [4.78, 5) is 28.9. The van der Waals surface area contributed by atoms with Crippen LogP contribution in [-0.4, -0.2) is 41.2 Å². The molecular formula is C19H24N2O2. The Balaban J connectivity index is 1.81. The van der Waals surface area contributed by atoms with E-state index in [9.17, 15) is 9.59 Å². The minimum Gasteiger partial charge on any atom is -0.332 e. The van der Waals surface area contributed by atoms with Crippen molar-refractivity contribution in [1.29, 1.82) is 0 Å². The standard InChI is InChI=1S/C19H24N2O2/c22-18-13-20(19(23)15-7-2-1-3-8-15)12-17-16-9-5-4-6-14(16)10-11-21(17)18/h4-6,9,15,17H,1-3,7-8,10-13H2/t17-/m1/s1/i1D2,2D2,3D2,7D2,8D2,15D. The highest BCUT2D eigenvalue weighted by molar-refractivity contribution is 5.87.